The number of amides is 2. The Hall–Kier alpha value is -4.50. The minimum absolute atomic E-state index is 0.0260. The number of carbonyl (C=O) groups is 3. The van der Waals surface area contributed by atoms with Crippen LogP contribution in [0.15, 0.2) is 67.0 Å². The number of esters is 1. The molecular formula is C28H29N5O4. The zero-order valence-corrected chi connectivity index (χ0v) is 21.2. The Morgan fingerprint density at radius 1 is 1.03 bits per heavy atom. The first-order chi connectivity index (χ1) is 17.8. The predicted octanol–water partition coefficient (Wildman–Crippen LogP) is 3.72. The van der Waals surface area contributed by atoms with Crippen molar-refractivity contribution in [3.63, 3.8) is 0 Å². The molecular weight excluding hydrogens is 470 g/mol. The molecule has 1 aliphatic rings. The molecule has 3 aromatic rings. The number of hydrogen-bond acceptors (Lipinski definition) is 7. The van der Waals surface area contributed by atoms with Crippen molar-refractivity contribution in [2.24, 2.45) is 0 Å². The van der Waals surface area contributed by atoms with Crippen LogP contribution in [0.2, 0.25) is 0 Å². The molecule has 2 amide bonds. The van der Waals surface area contributed by atoms with E-state index in [9.17, 15) is 14.4 Å². The second-order valence-corrected chi connectivity index (χ2v) is 8.88. The number of benzene rings is 2. The number of pyridine rings is 1. The van der Waals surface area contributed by atoms with Gasteiger partial charge in [0, 0.05) is 54.9 Å². The lowest BCUT2D eigenvalue weighted by Crippen LogP contribution is -2.29. The highest BCUT2D eigenvalue weighted by atomic mass is 16.5. The van der Waals surface area contributed by atoms with E-state index >= 15 is 0 Å². The summed E-state index contributed by atoms with van der Waals surface area (Å²) in [6.07, 6.45) is 3.76. The first-order valence-corrected chi connectivity index (χ1v) is 11.8. The van der Waals surface area contributed by atoms with E-state index in [1.807, 2.05) is 49.3 Å². The number of anilines is 3. The number of rotatable bonds is 8. The summed E-state index contributed by atoms with van der Waals surface area (Å²) < 4.78 is 4.80. The lowest BCUT2D eigenvalue weighted by molar-refractivity contribution is -0.118. The van der Waals surface area contributed by atoms with Gasteiger partial charge in [0.15, 0.2) is 0 Å². The molecule has 37 heavy (non-hydrogen) atoms. The van der Waals surface area contributed by atoms with Crippen LogP contribution in [0.1, 0.15) is 27.9 Å². The van der Waals surface area contributed by atoms with Gasteiger partial charge in [0.2, 0.25) is 5.91 Å². The average molecular weight is 500 g/mol. The van der Waals surface area contributed by atoms with Crippen LogP contribution in [0.4, 0.5) is 17.1 Å². The molecule has 0 saturated heterocycles. The van der Waals surface area contributed by atoms with Crippen molar-refractivity contribution in [2.45, 2.75) is 6.42 Å². The van der Waals surface area contributed by atoms with E-state index in [0.717, 1.165) is 16.9 Å². The van der Waals surface area contributed by atoms with E-state index in [1.54, 1.807) is 48.6 Å². The average Bonchev–Trinajstić information content (AvgIpc) is 3.24. The van der Waals surface area contributed by atoms with Gasteiger partial charge in [-0.15, -0.1) is 0 Å². The summed E-state index contributed by atoms with van der Waals surface area (Å²) >= 11 is 0. The lowest BCUT2D eigenvalue weighted by atomic mass is 9.99. The number of hydrogen-bond donors (Lipinski definition) is 2. The van der Waals surface area contributed by atoms with Gasteiger partial charge in [-0.2, -0.15) is 0 Å². The Bertz CT molecular complexity index is 1350. The first-order valence-electron chi connectivity index (χ1n) is 11.8. The summed E-state index contributed by atoms with van der Waals surface area (Å²) in [5, 5.41) is 6.22. The van der Waals surface area contributed by atoms with Crippen LogP contribution in [-0.2, 0) is 14.3 Å². The Morgan fingerprint density at radius 3 is 2.43 bits per heavy atom. The molecule has 9 nitrogen and oxygen atoms in total. The number of nitrogens with zero attached hydrogens (tertiary/aromatic N) is 3. The molecule has 9 heteroatoms. The fourth-order valence-corrected chi connectivity index (χ4v) is 4.00. The molecule has 0 saturated carbocycles. The highest BCUT2D eigenvalue weighted by molar-refractivity contribution is 6.37. The van der Waals surface area contributed by atoms with Gasteiger partial charge < -0.3 is 25.2 Å². The van der Waals surface area contributed by atoms with E-state index in [0.29, 0.717) is 41.1 Å². The molecule has 4 rings (SSSR count). The monoisotopic (exact) mass is 499 g/mol. The maximum atomic E-state index is 13.1. The number of nitrogens with one attached hydrogen (secondary N) is 2. The third-order valence-corrected chi connectivity index (χ3v) is 6.06. The van der Waals surface area contributed by atoms with Gasteiger partial charge in [-0.25, -0.2) is 4.79 Å². The van der Waals surface area contributed by atoms with Crippen LogP contribution >= 0.6 is 0 Å². The summed E-state index contributed by atoms with van der Waals surface area (Å²) in [7, 11) is 6.94. The molecule has 1 aromatic heterocycles. The Balaban J connectivity index is 1.67. The molecule has 2 heterocycles. The molecule has 0 spiro atoms. The Labute approximate surface area is 215 Å². The van der Waals surface area contributed by atoms with Crippen LogP contribution in [0, 0.1) is 0 Å². The van der Waals surface area contributed by atoms with Crippen molar-refractivity contribution >= 4 is 46.1 Å². The zero-order valence-electron chi connectivity index (χ0n) is 21.2. The van der Waals surface area contributed by atoms with Gasteiger partial charge in [0.1, 0.15) is 0 Å². The van der Waals surface area contributed by atoms with Crippen LogP contribution < -0.4 is 15.5 Å². The zero-order chi connectivity index (χ0) is 26.5. The predicted molar refractivity (Wildman–Crippen MR) is 144 cm³/mol. The highest BCUT2D eigenvalue weighted by Gasteiger charge is 2.29. The van der Waals surface area contributed by atoms with Gasteiger partial charge >= 0.3 is 5.97 Å². The molecule has 2 N–H and O–H groups in total. The van der Waals surface area contributed by atoms with E-state index in [-0.39, 0.29) is 11.8 Å². The van der Waals surface area contributed by atoms with Crippen molar-refractivity contribution < 1.29 is 19.1 Å². The number of carbonyl (C=O) groups excluding carboxylic acids is 3. The van der Waals surface area contributed by atoms with Crippen LogP contribution in [0.25, 0.3) is 11.3 Å². The molecule has 0 aliphatic carbocycles. The second-order valence-electron chi connectivity index (χ2n) is 8.88. The molecule has 1 aliphatic heterocycles. The third kappa shape index (κ3) is 5.68. The van der Waals surface area contributed by atoms with Crippen molar-refractivity contribution in [2.75, 3.05) is 50.3 Å². The largest absolute Gasteiger partial charge is 0.465 e. The summed E-state index contributed by atoms with van der Waals surface area (Å²) in [5.74, 6) is -0.755. The normalized spacial score (nSPS) is 13.6. The number of aromatic nitrogens is 1. The first kappa shape index (κ1) is 25.6. The molecule has 0 radical (unpaired) electrons. The molecule has 2 aromatic carbocycles. The van der Waals surface area contributed by atoms with Gasteiger partial charge in [0.05, 0.1) is 29.6 Å². The summed E-state index contributed by atoms with van der Waals surface area (Å²) in [5.41, 5.74) is 4.75. The molecule has 0 unspecified atom stereocenters. The van der Waals surface area contributed by atoms with Crippen molar-refractivity contribution in [1.82, 2.24) is 9.88 Å². The van der Waals surface area contributed by atoms with E-state index in [2.05, 4.69) is 15.6 Å². The smallest absolute Gasteiger partial charge is 0.337 e. The van der Waals surface area contributed by atoms with Gasteiger partial charge in [-0.3, -0.25) is 14.6 Å². The Kier molecular flexibility index (Phi) is 7.64. The standard InChI is InChI=1S/C28H29N5O4/c1-32(2)15-13-24(34)33(3)21-10-8-20(9-11-21)30-26(19-6-5-14-29-17-19)25-22-12-7-18(28(36)37-4)16-23(22)31-27(25)35/h5-12,14,16-17,30H,13,15H2,1-4H3,(H,31,35)/b26-25-. The SMILES string of the molecule is COC(=O)c1ccc2c(c1)NC(=O)/C2=C(\Nc1ccc(N(C)C(=O)CCN(C)C)cc1)c1cccnc1. The molecule has 0 atom stereocenters. The summed E-state index contributed by atoms with van der Waals surface area (Å²) in [6.45, 7) is 0.676. The highest BCUT2D eigenvalue weighted by Crippen LogP contribution is 2.38. The van der Waals surface area contributed by atoms with Crippen molar-refractivity contribution in [3.8, 4) is 0 Å². The van der Waals surface area contributed by atoms with Crippen molar-refractivity contribution in [3.05, 3.63) is 83.7 Å². The van der Waals surface area contributed by atoms with Crippen LogP contribution in [0.5, 0.6) is 0 Å². The summed E-state index contributed by atoms with van der Waals surface area (Å²) in [4.78, 5) is 45.4. The van der Waals surface area contributed by atoms with E-state index < -0.39 is 5.97 Å². The van der Waals surface area contributed by atoms with Crippen LogP contribution in [-0.4, -0.2) is 62.5 Å². The molecule has 0 bridgehead atoms. The second kappa shape index (κ2) is 11.0. The minimum atomic E-state index is -0.481. The van der Waals surface area contributed by atoms with Gasteiger partial charge in [0.25, 0.3) is 5.91 Å². The Morgan fingerprint density at radius 2 is 1.78 bits per heavy atom. The summed E-state index contributed by atoms with van der Waals surface area (Å²) in [6, 6.07) is 16.0. The van der Waals surface area contributed by atoms with Gasteiger partial charge in [-0.05, 0) is 62.6 Å². The minimum Gasteiger partial charge on any atom is -0.465 e. The maximum absolute atomic E-state index is 13.1. The van der Waals surface area contributed by atoms with Crippen molar-refractivity contribution in [1.29, 1.82) is 0 Å². The van der Waals surface area contributed by atoms with E-state index in [4.69, 9.17) is 4.74 Å². The maximum Gasteiger partial charge on any atom is 0.337 e. The topological polar surface area (TPSA) is 104 Å². The molecule has 0 fully saturated rings. The quantitative estimate of drug-likeness (QED) is 0.360. The van der Waals surface area contributed by atoms with E-state index in [1.165, 1.54) is 7.11 Å². The van der Waals surface area contributed by atoms with Gasteiger partial charge in [-0.1, -0.05) is 6.07 Å². The van der Waals surface area contributed by atoms with Crippen LogP contribution in [0.3, 0.4) is 0 Å². The molecule has 190 valence electrons. The third-order valence-electron chi connectivity index (χ3n) is 6.06. The number of methoxy groups -OCH3 is 1. The number of ether oxygens (including phenoxy) is 1. The lowest BCUT2D eigenvalue weighted by Gasteiger charge is -2.20. The number of fused-ring (bicyclic) bond motifs is 1. The fraction of sp³-hybridized carbons (Fsp3) is 0.214. The fourth-order valence-electron chi connectivity index (χ4n) is 4.00.